The first kappa shape index (κ1) is 15.3. The number of amides is 1. The number of hydrogen-bond donors (Lipinski definition) is 2. The van der Waals surface area contributed by atoms with E-state index in [9.17, 15) is 13.2 Å². The van der Waals surface area contributed by atoms with Crippen LogP contribution in [0, 0.1) is 5.41 Å². The number of halogens is 1. The summed E-state index contributed by atoms with van der Waals surface area (Å²) in [6.45, 7) is 4.03. The van der Waals surface area contributed by atoms with E-state index in [2.05, 4.69) is 10.3 Å². The first-order valence-corrected chi connectivity index (χ1v) is 8.44. The molecule has 112 valence electrons. The summed E-state index contributed by atoms with van der Waals surface area (Å²) >= 11 is 0. The van der Waals surface area contributed by atoms with Crippen LogP contribution in [-0.4, -0.2) is 38.6 Å². The van der Waals surface area contributed by atoms with E-state index < -0.39 is 9.05 Å². The normalized spacial score (nSPS) is 25.0. The Morgan fingerprint density at radius 2 is 2.20 bits per heavy atom. The molecule has 0 bridgehead atoms. The number of rotatable bonds is 4. The number of H-pyrrole nitrogens is 1. The van der Waals surface area contributed by atoms with Crippen LogP contribution >= 0.6 is 10.7 Å². The van der Waals surface area contributed by atoms with Gasteiger partial charge in [0.15, 0.2) is 0 Å². The maximum absolute atomic E-state index is 12.0. The lowest BCUT2D eigenvalue weighted by atomic mass is 9.64. The van der Waals surface area contributed by atoms with E-state index in [0.29, 0.717) is 0 Å². The number of carbonyl (C=O) groups excluding carboxylic acids is 1. The summed E-state index contributed by atoms with van der Waals surface area (Å²) in [4.78, 5) is 14.5. The minimum absolute atomic E-state index is 0.0145. The fraction of sp³-hybridized carbons (Fsp3) is 0.583. The molecule has 2 atom stereocenters. The van der Waals surface area contributed by atoms with Crippen LogP contribution in [0.4, 0.5) is 0 Å². The third-order valence-electron chi connectivity index (χ3n) is 3.95. The monoisotopic (exact) mass is 320 g/mol. The van der Waals surface area contributed by atoms with Crippen molar-refractivity contribution in [2.24, 2.45) is 5.41 Å². The van der Waals surface area contributed by atoms with E-state index in [4.69, 9.17) is 15.4 Å². The van der Waals surface area contributed by atoms with E-state index >= 15 is 0 Å². The van der Waals surface area contributed by atoms with Gasteiger partial charge in [-0.3, -0.25) is 4.79 Å². The number of ether oxygens (including phenoxy) is 1. The van der Waals surface area contributed by atoms with Crippen LogP contribution in [0.5, 0.6) is 0 Å². The standard InChI is InChI=1S/C12H17ClN2O4S/c1-12(2)9(5-10(12)19-3)15-11(16)8-4-7(6-14-8)20(13,17)18/h4,6,9-10,14H,5H2,1-3H3,(H,15,16). The highest BCUT2D eigenvalue weighted by Crippen LogP contribution is 2.42. The van der Waals surface area contributed by atoms with Crippen LogP contribution in [0.3, 0.4) is 0 Å². The van der Waals surface area contributed by atoms with Gasteiger partial charge in [-0.1, -0.05) is 13.8 Å². The van der Waals surface area contributed by atoms with Crippen LogP contribution in [0.2, 0.25) is 0 Å². The molecule has 6 nitrogen and oxygen atoms in total. The highest BCUT2D eigenvalue weighted by Gasteiger charge is 2.49. The van der Waals surface area contributed by atoms with Crippen molar-refractivity contribution in [2.45, 2.75) is 37.3 Å². The lowest BCUT2D eigenvalue weighted by Gasteiger charge is -2.51. The van der Waals surface area contributed by atoms with Gasteiger partial charge in [-0.25, -0.2) is 8.42 Å². The minimum atomic E-state index is -3.83. The molecule has 2 N–H and O–H groups in total. The van der Waals surface area contributed by atoms with Gasteiger partial charge in [0.05, 0.1) is 6.10 Å². The zero-order valence-corrected chi connectivity index (χ0v) is 13.0. The molecule has 0 radical (unpaired) electrons. The van der Waals surface area contributed by atoms with Crippen molar-refractivity contribution in [3.8, 4) is 0 Å². The number of nitrogens with one attached hydrogen (secondary N) is 2. The van der Waals surface area contributed by atoms with Gasteiger partial charge >= 0.3 is 0 Å². The zero-order valence-electron chi connectivity index (χ0n) is 11.4. The van der Waals surface area contributed by atoms with Gasteiger partial charge in [-0.15, -0.1) is 0 Å². The topological polar surface area (TPSA) is 88.3 Å². The second kappa shape index (κ2) is 5.05. The van der Waals surface area contributed by atoms with E-state index in [1.54, 1.807) is 7.11 Å². The van der Waals surface area contributed by atoms with E-state index in [1.807, 2.05) is 13.8 Å². The second-order valence-electron chi connectivity index (χ2n) is 5.49. The summed E-state index contributed by atoms with van der Waals surface area (Å²) in [7, 11) is 3.02. The van der Waals surface area contributed by atoms with Crippen molar-refractivity contribution in [3.63, 3.8) is 0 Å². The maximum Gasteiger partial charge on any atom is 0.267 e. The Balaban J connectivity index is 2.05. The van der Waals surface area contributed by atoms with Crippen LogP contribution in [0.1, 0.15) is 30.8 Å². The average molecular weight is 321 g/mol. The largest absolute Gasteiger partial charge is 0.381 e. The molecular formula is C12H17ClN2O4S. The Hall–Kier alpha value is -1.05. The molecule has 0 aliphatic heterocycles. The van der Waals surface area contributed by atoms with E-state index in [0.717, 1.165) is 6.42 Å². The van der Waals surface area contributed by atoms with Crippen LogP contribution in [0.15, 0.2) is 17.2 Å². The number of carbonyl (C=O) groups is 1. The minimum Gasteiger partial charge on any atom is -0.381 e. The van der Waals surface area contributed by atoms with Crippen molar-refractivity contribution in [1.82, 2.24) is 10.3 Å². The summed E-state index contributed by atoms with van der Waals surface area (Å²) in [5.74, 6) is -0.357. The molecule has 2 unspecified atom stereocenters. The average Bonchev–Trinajstić information content (AvgIpc) is 2.82. The molecule has 1 aliphatic rings. The van der Waals surface area contributed by atoms with Gasteiger partial charge in [0, 0.05) is 35.4 Å². The predicted octanol–water partition coefficient (Wildman–Crippen LogP) is 1.49. The second-order valence-corrected chi connectivity index (χ2v) is 8.06. The molecule has 1 fully saturated rings. The number of hydrogen-bond acceptors (Lipinski definition) is 4. The lowest BCUT2D eigenvalue weighted by Crippen LogP contribution is -2.61. The van der Waals surface area contributed by atoms with E-state index in [1.165, 1.54) is 12.3 Å². The van der Waals surface area contributed by atoms with Crippen LogP contribution in [-0.2, 0) is 13.8 Å². The lowest BCUT2D eigenvalue weighted by molar-refractivity contribution is -0.0942. The van der Waals surface area contributed by atoms with Crippen molar-refractivity contribution < 1.29 is 17.9 Å². The summed E-state index contributed by atoms with van der Waals surface area (Å²) in [6.07, 6.45) is 2.03. The van der Waals surface area contributed by atoms with E-state index in [-0.39, 0.29) is 34.1 Å². The maximum atomic E-state index is 12.0. The summed E-state index contributed by atoms with van der Waals surface area (Å²) in [5.41, 5.74) is 0.0131. The molecule has 1 aromatic rings. The molecule has 8 heteroatoms. The Labute approximate surface area is 122 Å². The van der Waals surface area contributed by atoms with Crippen molar-refractivity contribution in [3.05, 3.63) is 18.0 Å². The predicted molar refractivity (Wildman–Crippen MR) is 74.3 cm³/mol. The zero-order chi connectivity index (χ0) is 15.1. The summed E-state index contributed by atoms with van der Waals surface area (Å²) < 4.78 is 27.6. The molecular weight excluding hydrogens is 304 g/mol. The van der Waals surface area contributed by atoms with Crippen molar-refractivity contribution >= 4 is 25.6 Å². The molecule has 0 spiro atoms. The molecule has 1 heterocycles. The van der Waals surface area contributed by atoms with Gasteiger partial charge < -0.3 is 15.0 Å². The molecule has 1 aliphatic carbocycles. The Morgan fingerprint density at radius 3 is 2.65 bits per heavy atom. The molecule has 0 aromatic carbocycles. The third kappa shape index (κ3) is 2.70. The van der Waals surface area contributed by atoms with Crippen molar-refractivity contribution in [1.29, 1.82) is 0 Å². The van der Waals surface area contributed by atoms with Crippen molar-refractivity contribution in [2.75, 3.05) is 7.11 Å². The highest BCUT2D eigenvalue weighted by molar-refractivity contribution is 8.13. The molecule has 1 aromatic heterocycles. The molecule has 0 saturated heterocycles. The molecule has 20 heavy (non-hydrogen) atoms. The van der Waals surface area contributed by atoms with Gasteiger partial charge in [-0.2, -0.15) is 0 Å². The quantitative estimate of drug-likeness (QED) is 0.823. The SMILES string of the molecule is COC1CC(NC(=O)c2cc(S(=O)(=O)Cl)c[nH]2)C1(C)C. The number of aromatic nitrogens is 1. The number of aromatic amines is 1. The fourth-order valence-electron chi connectivity index (χ4n) is 2.41. The van der Waals surface area contributed by atoms with Gasteiger partial charge in [0.25, 0.3) is 15.0 Å². The first-order valence-electron chi connectivity index (χ1n) is 6.13. The Kier molecular flexibility index (Phi) is 3.88. The Morgan fingerprint density at radius 1 is 1.55 bits per heavy atom. The molecule has 1 amide bonds. The number of methoxy groups -OCH3 is 1. The van der Waals surface area contributed by atoms with Crippen LogP contribution < -0.4 is 5.32 Å². The van der Waals surface area contributed by atoms with Crippen LogP contribution in [0.25, 0.3) is 0 Å². The smallest absolute Gasteiger partial charge is 0.267 e. The summed E-state index contributed by atoms with van der Waals surface area (Å²) in [5, 5.41) is 2.86. The van der Waals surface area contributed by atoms with Gasteiger partial charge in [-0.05, 0) is 12.5 Å². The first-order chi connectivity index (χ1) is 9.16. The Bertz CT molecular complexity index is 623. The summed E-state index contributed by atoms with van der Waals surface area (Å²) in [6, 6.07) is 1.20. The fourth-order valence-corrected chi connectivity index (χ4v) is 3.14. The third-order valence-corrected chi connectivity index (χ3v) is 5.28. The van der Waals surface area contributed by atoms with Gasteiger partial charge in [0.1, 0.15) is 10.6 Å². The highest BCUT2D eigenvalue weighted by atomic mass is 35.7. The molecule has 2 rings (SSSR count). The molecule has 1 saturated carbocycles. The van der Waals surface area contributed by atoms with Gasteiger partial charge in [0.2, 0.25) is 0 Å².